The molecule has 25 heavy (non-hydrogen) atoms. The molecule has 0 bridgehead atoms. The van der Waals surface area contributed by atoms with Crippen LogP contribution in [-0.2, 0) is 6.54 Å². The number of amides is 1. The number of nitrogens with two attached hydrogens (primary N) is 1. The van der Waals surface area contributed by atoms with Gasteiger partial charge in [-0.2, -0.15) is 0 Å². The summed E-state index contributed by atoms with van der Waals surface area (Å²) in [7, 11) is 0. The van der Waals surface area contributed by atoms with Crippen molar-refractivity contribution in [3.63, 3.8) is 0 Å². The van der Waals surface area contributed by atoms with Gasteiger partial charge in [0, 0.05) is 12.1 Å². The standard InChI is InChI=1S/C19H24N4O2/c1-2-21-19(22-11-12-25-17-9-4-3-5-10-17)23-14-15-7-6-8-16(13-15)18(20)24/h3-10,13H,2,11-12,14H2,1H3,(H2,20,24)(H2,21,22,23). The highest BCUT2D eigenvalue weighted by molar-refractivity contribution is 5.92. The van der Waals surface area contributed by atoms with Crippen LogP contribution in [0.1, 0.15) is 22.8 Å². The van der Waals surface area contributed by atoms with Gasteiger partial charge in [-0.25, -0.2) is 4.99 Å². The van der Waals surface area contributed by atoms with E-state index in [0.717, 1.165) is 17.9 Å². The lowest BCUT2D eigenvalue weighted by atomic mass is 10.1. The Hall–Kier alpha value is -3.02. The van der Waals surface area contributed by atoms with Crippen molar-refractivity contribution in [3.8, 4) is 5.75 Å². The number of para-hydroxylation sites is 1. The van der Waals surface area contributed by atoms with Gasteiger partial charge in [-0.05, 0) is 36.8 Å². The summed E-state index contributed by atoms with van der Waals surface area (Å²) in [5.41, 5.74) is 6.71. The monoisotopic (exact) mass is 340 g/mol. The third kappa shape index (κ3) is 6.55. The molecule has 0 saturated carbocycles. The van der Waals surface area contributed by atoms with Gasteiger partial charge in [0.25, 0.3) is 0 Å². The van der Waals surface area contributed by atoms with Crippen LogP contribution in [0.4, 0.5) is 0 Å². The molecule has 0 heterocycles. The molecular formula is C19H24N4O2. The number of aliphatic imine (C=N–C) groups is 1. The summed E-state index contributed by atoms with van der Waals surface area (Å²) in [6.45, 7) is 4.38. The summed E-state index contributed by atoms with van der Waals surface area (Å²) in [6, 6.07) is 16.8. The van der Waals surface area contributed by atoms with Crippen LogP contribution in [-0.4, -0.2) is 31.6 Å². The van der Waals surface area contributed by atoms with Crippen LogP contribution in [0.2, 0.25) is 0 Å². The average Bonchev–Trinajstić information content (AvgIpc) is 2.64. The van der Waals surface area contributed by atoms with Crippen molar-refractivity contribution >= 4 is 11.9 Å². The molecule has 0 aliphatic carbocycles. The molecule has 0 radical (unpaired) electrons. The normalized spacial score (nSPS) is 11.0. The molecule has 1 amide bonds. The maximum Gasteiger partial charge on any atom is 0.248 e. The first kappa shape index (κ1) is 18.3. The highest BCUT2D eigenvalue weighted by Gasteiger charge is 2.02. The number of nitrogens with one attached hydrogen (secondary N) is 2. The number of hydrogen-bond acceptors (Lipinski definition) is 3. The third-order valence-corrected chi connectivity index (χ3v) is 3.38. The van der Waals surface area contributed by atoms with Crippen molar-refractivity contribution in [2.24, 2.45) is 10.7 Å². The van der Waals surface area contributed by atoms with E-state index in [0.29, 0.717) is 31.2 Å². The van der Waals surface area contributed by atoms with Gasteiger partial charge < -0.3 is 21.1 Å². The Morgan fingerprint density at radius 2 is 1.92 bits per heavy atom. The van der Waals surface area contributed by atoms with Gasteiger partial charge in [0.1, 0.15) is 12.4 Å². The Morgan fingerprint density at radius 1 is 1.12 bits per heavy atom. The predicted octanol–water partition coefficient (Wildman–Crippen LogP) is 1.92. The Kier molecular flexibility index (Phi) is 7.31. The van der Waals surface area contributed by atoms with E-state index in [1.165, 1.54) is 0 Å². The molecule has 0 saturated heterocycles. The van der Waals surface area contributed by atoms with Gasteiger partial charge in [-0.3, -0.25) is 4.79 Å². The topological polar surface area (TPSA) is 88.7 Å². The third-order valence-electron chi connectivity index (χ3n) is 3.38. The van der Waals surface area contributed by atoms with E-state index in [1.54, 1.807) is 18.2 Å². The summed E-state index contributed by atoms with van der Waals surface area (Å²) in [4.78, 5) is 15.7. The molecule has 0 aliphatic rings. The maximum atomic E-state index is 11.2. The van der Waals surface area contributed by atoms with E-state index in [2.05, 4.69) is 15.6 Å². The molecule has 0 aliphatic heterocycles. The SMILES string of the molecule is CCNC(=NCc1cccc(C(N)=O)c1)NCCOc1ccccc1. The minimum atomic E-state index is -0.436. The smallest absolute Gasteiger partial charge is 0.248 e. The second-order valence-electron chi connectivity index (χ2n) is 5.35. The molecule has 0 atom stereocenters. The Labute approximate surface area is 148 Å². The lowest BCUT2D eigenvalue weighted by Crippen LogP contribution is -2.39. The Morgan fingerprint density at radius 3 is 2.64 bits per heavy atom. The molecule has 6 nitrogen and oxygen atoms in total. The second-order valence-corrected chi connectivity index (χ2v) is 5.35. The lowest BCUT2D eigenvalue weighted by molar-refractivity contribution is 0.1000. The highest BCUT2D eigenvalue weighted by atomic mass is 16.5. The minimum Gasteiger partial charge on any atom is -0.492 e. The van der Waals surface area contributed by atoms with Gasteiger partial charge in [-0.15, -0.1) is 0 Å². The molecule has 6 heteroatoms. The number of hydrogen-bond donors (Lipinski definition) is 3. The number of ether oxygens (including phenoxy) is 1. The largest absolute Gasteiger partial charge is 0.492 e. The summed E-state index contributed by atoms with van der Waals surface area (Å²) in [6.07, 6.45) is 0. The van der Waals surface area contributed by atoms with Crippen LogP contribution in [0, 0.1) is 0 Å². The first-order valence-corrected chi connectivity index (χ1v) is 8.28. The zero-order chi connectivity index (χ0) is 17.9. The molecule has 0 unspecified atom stereocenters. The zero-order valence-electron chi connectivity index (χ0n) is 14.4. The quantitative estimate of drug-likeness (QED) is 0.389. The number of primary amides is 1. The van der Waals surface area contributed by atoms with E-state index in [4.69, 9.17) is 10.5 Å². The predicted molar refractivity (Wildman–Crippen MR) is 99.7 cm³/mol. The molecular weight excluding hydrogens is 316 g/mol. The summed E-state index contributed by atoms with van der Waals surface area (Å²) < 4.78 is 5.64. The second kappa shape index (κ2) is 9.97. The van der Waals surface area contributed by atoms with Crippen molar-refractivity contribution in [3.05, 3.63) is 65.7 Å². The lowest BCUT2D eigenvalue weighted by Gasteiger charge is -2.12. The summed E-state index contributed by atoms with van der Waals surface area (Å²) >= 11 is 0. The number of rotatable bonds is 8. The van der Waals surface area contributed by atoms with E-state index in [9.17, 15) is 4.79 Å². The fourth-order valence-corrected chi connectivity index (χ4v) is 2.19. The number of carbonyl (C=O) groups excluding carboxylic acids is 1. The van der Waals surface area contributed by atoms with Crippen molar-refractivity contribution < 1.29 is 9.53 Å². The van der Waals surface area contributed by atoms with Crippen LogP contribution in [0.5, 0.6) is 5.75 Å². The maximum absolute atomic E-state index is 11.2. The van der Waals surface area contributed by atoms with Gasteiger partial charge in [0.15, 0.2) is 5.96 Å². The van der Waals surface area contributed by atoms with Crippen LogP contribution in [0.25, 0.3) is 0 Å². The fraction of sp³-hybridized carbons (Fsp3) is 0.263. The van der Waals surface area contributed by atoms with Gasteiger partial charge in [0.2, 0.25) is 5.91 Å². The molecule has 4 N–H and O–H groups in total. The van der Waals surface area contributed by atoms with Gasteiger partial charge >= 0.3 is 0 Å². The first-order chi connectivity index (χ1) is 12.2. The number of nitrogens with zero attached hydrogens (tertiary/aromatic N) is 1. The molecule has 132 valence electrons. The van der Waals surface area contributed by atoms with Crippen LogP contribution >= 0.6 is 0 Å². The first-order valence-electron chi connectivity index (χ1n) is 8.28. The summed E-state index contributed by atoms with van der Waals surface area (Å²) in [5.74, 6) is 1.10. The van der Waals surface area contributed by atoms with Crippen molar-refractivity contribution in [1.29, 1.82) is 0 Å². The molecule has 0 spiro atoms. The van der Waals surface area contributed by atoms with Gasteiger partial charge in [-0.1, -0.05) is 30.3 Å². The van der Waals surface area contributed by atoms with Crippen molar-refractivity contribution in [2.45, 2.75) is 13.5 Å². The fourth-order valence-electron chi connectivity index (χ4n) is 2.19. The van der Waals surface area contributed by atoms with Gasteiger partial charge in [0.05, 0.1) is 13.1 Å². The van der Waals surface area contributed by atoms with E-state index < -0.39 is 5.91 Å². The van der Waals surface area contributed by atoms with Crippen LogP contribution in [0.3, 0.4) is 0 Å². The Balaban J connectivity index is 1.85. The molecule has 0 aromatic heterocycles. The van der Waals surface area contributed by atoms with Crippen molar-refractivity contribution in [2.75, 3.05) is 19.7 Å². The zero-order valence-corrected chi connectivity index (χ0v) is 14.4. The number of guanidine groups is 1. The van der Waals surface area contributed by atoms with Crippen molar-refractivity contribution in [1.82, 2.24) is 10.6 Å². The molecule has 0 fully saturated rings. The van der Waals surface area contributed by atoms with E-state index in [1.807, 2.05) is 43.3 Å². The molecule has 2 aromatic carbocycles. The van der Waals surface area contributed by atoms with Crippen LogP contribution in [0.15, 0.2) is 59.6 Å². The number of benzene rings is 2. The molecule has 2 aromatic rings. The highest BCUT2D eigenvalue weighted by Crippen LogP contribution is 2.07. The van der Waals surface area contributed by atoms with E-state index >= 15 is 0 Å². The van der Waals surface area contributed by atoms with Crippen LogP contribution < -0.4 is 21.1 Å². The van der Waals surface area contributed by atoms with E-state index in [-0.39, 0.29) is 0 Å². The average molecular weight is 340 g/mol. The molecule has 2 rings (SSSR count). The number of carbonyl (C=O) groups is 1. The minimum absolute atomic E-state index is 0.436. The summed E-state index contributed by atoms with van der Waals surface area (Å²) in [5, 5.41) is 6.40. The Bertz CT molecular complexity index is 702.